The zero-order chi connectivity index (χ0) is 43.1. The molecule has 1 N–H and O–H groups in total. The molecule has 4 aromatic carbocycles. The number of esters is 1. The van der Waals surface area contributed by atoms with Gasteiger partial charge in [-0.2, -0.15) is 16.7 Å². The first-order valence-electron chi connectivity index (χ1n) is 20.7. The van der Waals surface area contributed by atoms with Gasteiger partial charge in [-0.05, 0) is 61.0 Å². The quantitative estimate of drug-likeness (QED) is 0.0738. The summed E-state index contributed by atoms with van der Waals surface area (Å²) < 4.78 is 32.1. The van der Waals surface area contributed by atoms with E-state index in [0.29, 0.717) is 58.2 Å². The van der Waals surface area contributed by atoms with Gasteiger partial charge in [0.2, 0.25) is 11.8 Å². The van der Waals surface area contributed by atoms with Crippen LogP contribution in [0, 0.1) is 25.7 Å². The van der Waals surface area contributed by atoms with Gasteiger partial charge in [0.25, 0.3) is 8.32 Å². The lowest BCUT2D eigenvalue weighted by molar-refractivity contribution is -0.122. The number of hydrogen-bond donors (Lipinski definition) is 1. The molecule has 1 amide bonds. The van der Waals surface area contributed by atoms with E-state index < -0.39 is 25.9 Å². The molecule has 0 fully saturated rings. The molecule has 0 aliphatic carbocycles. The number of rotatable bonds is 12. The molecule has 1 aromatic heterocycles. The van der Waals surface area contributed by atoms with Crippen LogP contribution in [-0.4, -0.2) is 56.4 Å². The van der Waals surface area contributed by atoms with Crippen molar-refractivity contribution < 1.29 is 32.7 Å². The van der Waals surface area contributed by atoms with Crippen LogP contribution in [0.1, 0.15) is 96.5 Å². The van der Waals surface area contributed by atoms with Gasteiger partial charge in [-0.3, -0.25) is 4.79 Å². The van der Waals surface area contributed by atoms with Crippen LogP contribution >= 0.6 is 11.8 Å². The molecule has 6 rings (SSSR count). The smallest absolute Gasteiger partial charge is 0.338 e. The summed E-state index contributed by atoms with van der Waals surface area (Å²) in [6, 6.07) is 31.7. The molecule has 0 radical (unpaired) electrons. The number of nitrogens with one attached hydrogen (secondary N) is 1. The molecule has 0 spiro atoms. The molecule has 1 aliphatic rings. The number of amides is 1. The van der Waals surface area contributed by atoms with Gasteiger partial charge in [0.05, 0.1) is 25.9 Å². The Morgan fingerprint density at radius 2 is 1.48 bits per heavy atom. The third-order valence-corrected chi connectivity index (χ3v) is 17.9. The number of ether oxygens (including phenoxy) is 3. The molecule has 318 valence electrons. The minimum Gasteiger partial charge on any atom is -0.543 e. The lowest BCUT2D eigenvalue weighted by Crippen LogP contribution is -2.48. The molecular weight excluding hydrogens is 791 g/mol. The van der Waals surface area contributed by atoms with E-state index in [-0.39, 0.29) is 36.5 Å². The highest BCUT2D eigenvalue weighted by Crippen LogP contribution is 2.47. The Bertz CT molecular complexity index is 2120. The van der Waals surface area contributed by atoms with Gasteiger partial charge in [-0.25, -0.2) is 4.79 Å². The average Bonchev–Trinajstić information content (AvgIpc) is 3.68. The number of fused-ring (bicyclic) bond motifs is 1. The SMILES string of the molecule is COc1cc(O[Si](C)(C)C(C)(C)C(C)C)c2c(c1C)C(=O)OC[C@@H](COC(c1ccccc1)(c1ccccc1)c1ccccc1)CCC(=O)N[C@H](c1nc(C)no1)CSC2. The summed E-state index contributed by atoms with van der Waals surface area (Å²) >= 11 is 1.54. The Morgan fingerprint density at radius 3 is 2.00 bits per heavy atom. The van der Waals surface area contributed by atoms with E-state index in [9.17, 15) is 9.59 Å². The van der Waals surface area contributed by atoms with Gasteiger partial charge in [-0.1, -0.05) is 124 Å². The maximum absolute atomic E-state index is 14.7. The maximum atomic E-state index is 14.7. The van der Waals surface area contributed by atoms with Crippen LogP contribution < -0.4 is 14.5 Å². The van der Waals surface area contributed by atoms with Crippen molar-refractivity contribution in [2.24, 2.45) is 11.8 Å². The summed E-state index contributed by atoms with van der Waals surface area (Å²) in [4.78, 5) is 33.0. The first-order valence-corrected chi connectivity index (χ1v) is 24.8. The predicted molar refractivity (Wildman–Crippen MR) is 239 cm³/mol. The topological polar surface area (TPSA) is 122 Å². The Balaban J connectivity index is 1.42. The molecule has 60 heavy (non-hydrogen) atoms. The molecular formula is C48H59N3O7SSi. The Kier molecular flexibility index (Phi) is 14.3. The van der Waals surface area contributed by atoms with Crippen molar-refractivity contribution in [2.75, 3.05) is 26.1 Å². The van der Waals surface area contributed by atoms with Crippen LogP contribution in [-0.2, 0) is 25.6 Å². The van der Waals surface area contributed by atoms with Gasteiger partial charge >= 0.3 is 5.97 Å². The molecule has 2 atom stereocenters. The summed E-state index contributed by atoms with van der Waals surface area (Å²) in [6.45, 7) is 17.2. The number of carbonyl (C=O) groups is 2. The highest BCUT2D eigenvalue weighted by atomic mass is 32.2. The second-order valence-electron chi connectivity index (χ2n) is 17.0. The van der Waals surface area contributed by atoms with Gasteiger partial charge in [0.15, 0.2) is 5.82 Å². The van der Waals surface area contributed by atoms with Gasteiger partial charge in [0.1, 0.15) is 23.1 Å². The Hall–Kier alpha value is -4.91. The first-order chi connectivity index (χ1) is 28.7. The molecule has 0 bridgehead atoms. The summed E-state index contributed by atoms with van der Waals surface area (Å²) in [7, 11) is -0.869. The highest BCUT2D eigenvalue weighted by Gasteiger charge is 2.46. The van der Waals surface area contributed by atoms with Crippen LogP contribution in [0.15, 0.2) is 102 Å². The van der Waals surface area contributed by atoms with E-state index in [2.05, 4.69) is 92.6 Å². The molecule has 0 saturated carbocycles. The molecule has 0 unspecified atom stereocenters. The van der Waals surface area contributed by atoms with Crippen molar-refractivity contribution >= 4 is 32.0 Å². The summed E-state index contributed by atoms with van der Waals surface area (Å²) in [5, 5.41) is 7.08. The molecule has 0 saturated heterocycles. The number of hydrogen-bond acceptors (Lipinski definition) is 10. The van der Waals surface area contributed by atoms with Crippen LogP contribution in [0.3, 0.4) is 0 Å². The van der Waals surface area contributed by atoms with E-state index >= 15 is 0 Å². The van der Waals surface area contributed by atoms with Gasteiger partial charge in [0, 0.05) is 41.0 Å². The van der Waals surface area contributed by atoms with Crippen molar-refractivity contribution in [3.8, 4) is 11.5 Å². The van der Waals surface area contributed by atoms with E-state index in [1.807, 2.05) is 67.6 Å². The molecule has 2 heterocycles. The van der Waals surface area contributed by atoms with Crippen LogP contribution in [0.5, 0.6) is 11.5 Å². The van der Waals surface area contributed by atoms with E-state index in [1.54, 1.807) is 25.8 Å². The first kappa shape index (κ1) is 44.6. The lowest BCUT2D eigenvalue weighted by Gasteiger charge is -2.43. The summed E-state index contributed by atoms with van der Waals surface area (Å²) in [5.41, 5.74) is 3.65. The van der Waals surface area contributed by atoms with Crippen molar-refractivity contribution in [1.29, 1.82) is 0 Å². The van der Waals surface area contributed by atoms with E-state index in [1.165, 1.54) is 0 Å². The fraction of sp³-hybridized carbons (Fsp3) is 0.417. The normalized spacial score (nSPS) is 17.3. The molecule has 12 heteroatoms. The monoisotopic (exact) mass is 849 g/mol. The van der Waals surface area contributed by atoms with E-state index in [4.69, 9.17) is 23.2 Å². The van der Waals surface area contributed by atoms with Gasteiger partial charge < -0.3 is 28.5 Å². The fourth-order valence-corrected chi connectivity index (χ4v) is 11.1. The van der Waals surface area contributed by atoms with Crippen LogP contribution in [0.25, 0.3) is 0 Å². The zero-order valence-corrected chi connectivity index (χ0v) is 38.2. The van der Waals surface area contributed by atoms with Gasteiger partial charge in [-0.15, -0.1) is 0 Å². The zero-order valence-electron chi connectivity index (χ0n) is 36.4. The number of aryl methyl sites for hydroxylation is 1. The van der Waals surface area contributed by atoms with Crippen molar-refractivity contribution in [3.05, 3.63) is 142 Å². The summed E-state index contributed by atoms with van der Waals surface area (Å²) in [5.74, 6) is 2.06. The Labute approximate surface area is 360 Å². The van der Waals surface area contributed by atoms with Crippen LogP contribution in [0.4, 0.5) is 0 Å². The lowest BCUT2D eigenvalue weighted by atomic mass is 9.80. The Morgan fingerprint density at radius 1 is 0.900 bits per heavy atom. The third kappa shape index (κ3) is 9.66. The van der Waals surface area contributed by atoms with E-state index in [0.717, 1.165) is 22.3 Å². The molecule has 1 aliphatic heterocycles. The second kappa shape index (κ2) is 19.2. The number of nitrogens with zero attached hydrogens (tertiary/aromatic N) is 2. The van der Waals surface area contributed by atoms with Crippen LogP contribution in [0.2, 0.25) is 18.1 Å². The second-order valence-corrected chi connectivity index (χ2v) is 22.5. The number of cyclic esters (lactones) is 1. The average molecular weight is 850 g/mol. The number of methoxy groups -OCH3 is 1. The third-order valence-electron chi connectivity index (χ3n) is 12.4. The molecule has 5 aromatic rings. The maximum Gasteiger partial charge on any atom is 0.338 e. The molecule has 10 nitrogen and oxygen atoms in total. The largest absolute Gasteiger partial charge is 0.543 e. The van der Waals surface area contributed by atoms with Crippen molar-refractivity contribution in [1.82, 2.24) is 15.5 Å². The standard InChI is InChI=1S/C48H59N3O7SSi/c1-32(2)47(5,6)60(8,9)58-42-27-41(54-7)33(3)44-39(42)30-59-31-40(45-49-34(4)51-57-45)50-43(52)26-25-35(28-55-46(44)53)29-56-48(36-19-13-10-14-20-36,37-21-15-11-16-22-37)38-23-17-12-18-24-38/h10-24,27,32,35,40H,25-26,28-31H2,1-9H3,(H,50,52)/t35-,40-/m0/s1. The minimum atomic E-state index is -2.47. The number of carbonyl (C=O) groups excluding carboxylic acids is 2. The summed E-state index contributed by atoms with van der Waals surface area (Å²) in [6.07, 6.45) is 0.528. The fourth-order valence-electron chi connectivity index (χ4n) is 7.61. The predicted octanol–water partition coefficient (Wildman–Crippen LogP) is 10.4. The number of thioether (sulfide) groups is 1. The minimum absolute atomic E-state index is 0.00684. The number of benzene rings is 4. The highest BCUT2D eigenvalue weighted by molar-refractivity contribution is 7.98. The van der Waals surface area contributed by atoms with Crippen molar-refractivity contribution in [3.63, 3.8) is 0 Å². The number of aromatic nitrogens is 2. The van der Waals surface area contributed by atoms with Crippen molar-refractivity contribution in [2.45, 2.75) is 89.9 Å².